The Kier molecular flexibility index (Phi) is 36.1. The van der Waals surface area contributed by atoms with Gasteiger partial charge in [-0.3, -0.25) is 4.90 Å². The number of aliphatic hydroxyl groups is 1. The SMILES string of the molecule is C#C.C#C.C=C(CN(C)[C@@H](C)CC)NCC/C=C1\CC/C(=C\C/C=C/N)CO1.CCC.CO. The van der Waals surface area contributed by atoms with E-state index in [2.05, 4.69) is 89.4 Å². The number of hydrogen-bond donors (Lipinski definition) is 3. The van der Waals surface area contributed by atoms with E-state index in [9.17, 15) is 0 Å². The Morgan fingerprint density at radius 1 is 1.18 bits per heavy atom. The number of allylic oxidation sites excluding steroid dienone is 3. The summed E-state index contributed by atoms with van der Waals surface area (Å²) in [6, 6.07) is 0.587. The second-order valence-corrected chi connectivity index (χ2v) is 7.18. The lowest BCUT2D eigenvalue weighted by Gasteiger charge is -2.24. The van der Waals surface area contributed by atoms with Crippen LogP contribution in [-0.4, -0.2) is 49.9 Å². The normalized spacial score (nSPS) is 15.3. The van der Waals surface area contributed by atoms with Crippen LogP contribution in [0.4, 0.5) is 0 Å². The van der Waals surface area contributed by atoms with E-state index >= 15 is 0 Å². The lowest BCUT2D eigenvalue weighted by Crippen LogP contribution is -2.33. The van der Waals surface area contributed by atoms with Crippen molar-refractivity contribution in [3.8, 4) is 25.7 Å². The highest BCUT2D eigenvalue weighted by Crippen LogP contribution is 2.21. The maximum atomic E-state index is 7.00. The van der Waals surface area contributed by atoms with Crippen LogP contribution >= 0.6 is 0 Å². The summed E-state index contributed by atoms with van der Waals surface area (Å²) in [5.41, 5.74) is 7.79. The molecule has 1 atom stereocenters. The Hall–Kier alpha value is -2.60. The molecular weight excluding hydrogens is 410 g/mol. The first kappa shape index (κ1) is 37.7. The van der Waals surface area contributed by atoms with Crippen LogP contribution in [-0.2, 0) is 4.74 Å². The average Bonchev–Trinajstić information content (AvgIpc) is 2.86. The van der Waals surface area contributed by atoms with Gasteiger partial charge in [0.2, 0.25) is 0 Å². The number of likely N-dealkylation sites (N-methyl/N-ethyl adjacent to an activating group) is 1. The second-order valence-electron chi connectivity index (χ2n) is 7.18. The molecule has 1 heterocycles. The molecule has 33 heavy (non-hydrogen) atoms. The van der Waals surface area contributed by atoms with Crippen LogP contribution in [0.5, 0.6) is 0 Å². The number of aliphatic hydroxyl groups excluding tert-OH is 1. The predicted molar refractivity (Wildman–Crippen MR) is 147 cm³/mol. The maximum absolute atomic E-state index is 7.00. The molecule has 5 nitrogen and oxygen atoms in total. The Labute approximate surface area is 205 Å². The Morgan fingerprint density at radius 3 is 2.21 bits per heavy atom. The molecule has 0 aliphatic carbocycles. The quantitative estimate of drug-likeness (QED) is 0.236. The van der Waals surface area contributed by atoms with Crippen LogP contribution in [0.15, 0.2) is 48.0 Å². The number of hydrogen-bond acceptors (Lipinski definition) is 5. The fraction of sp³-hybridized carbons (Fsp3) is 0.571. The zero-order valence-corrected chi connectivity index (χ0v) is 22.1. The summed E-state index contributed by atoms with van der Waals surface area (Å²) < 4.78 is 5.82. The summed E-state index contributed by atoms with van der Waals surface area (Å²) >= 11 is 0. The zero-order valence-electron chi connectivity index (χ0n) is 22.1. The van der Waals surface area contributed by atoms with E-state index in [4.69, 9.17) is 15.6 Å². The first-order chi connectivity index (χ1) is 16.0. The molecular formula is C28H51N3O2. The van der Waals surface area contributed by atoms with Crippen molar-refractivity contribution in [2.75, 3.05) is 33.9 Å². The Morgan fingerprint density at radius 2 is 1.76 bits per heavy atom. The molecule has 0 saturated carbocycles. The summed E-state index contributed by atoms with van der Waals surface area (Å²) in [5.74, 6) is 1.12. The first-order valence-electron chi connectivity index (χ1n) is 11.6. The van der Waals surface area contributed by atoms with Crippen LogP contribution in [0.1, 0.15) is 66.2 Å². The molecule has 5 heteroatoms. The monoisotopic (exact) mass is 461 g/mol. The number of nitrogens with two attached hydrogens (primary N) is 1. The second kappa shape index (κ2) is 31.6. The van der Waals surface area contributed by atoms with Gasteiger partial charge in [0.25, 0.3) is 0 Å². The molecule has 0 spiro atoms. The number of terminal acetylenes is 2. The van der Waals surface area contributed by atoms with Gasteiger partial charge in [-0.25, -0.2) is 0 Å². The topological polar surface area (TPSA) is 70.8 Å². The van der Waals surface area contributed by atoms with Gasteiger partial charge in [-0.15, -0.1) is 25.7 Å². The lowest BCUT2D eigenvalue weighted by atomic mass is 10.1. The van der Waals surface area contributed by atoms with Gasteiger partial charge in [0.05, 0.1) is 5.76 Å². The van der Waals surface area contributed by atoms with Crippen LogP contribution in [0, 0.1) is 25.7 Å². The molecule has 0 aromatic rings. The smallest absolute Gasteiger partial charge is 0.109 e. The fourth-order valence-corrected chi connectivity index (χ4v) is 2.56. The standard InChI is InChI=1S/C20H35N3O.C3H8.2C2H2.CH4O/c1-5-18(3)23(4)15-17(2)22-14-8-10-20-12-11-19(16-24-20)9-6-7-13-21;1-3-2;3*1-2/h7,9-10,13,18,22H,2,5-6,8,11-12,14-16,21H2,1,3-4H3;3H2,1-2H3;2*1-2H;2H,1H3/b13-7+,19-9+,20-10+;;;;/t18-;;;;/m0..../s1. The molecule has 0 unspecified atom stereocenters. The van der Waals surface area contributed by atoms with Crippen LogP contribution in [0.2, 0.25) is 0 Å². The van der Waals surface area contributed by atoms with Crippen LogP contribution < -0.4 is 11.1 Å². The van der Waals surface area contributed by atoms with Gasteiger partial charge in [-0.05, 0) is 57.5 Å². The maximum Gasteiger partial charge on any atom is 0.109 e. The summed E-state index contributed by atoms with van der Waals surface area (Å²) in [6.07, 6.45) is 30.3. The van der Waals surface area contributed by atoms with Gasteiger partial charge in [0.1, 0.15) is 6.61 Å². The number of rotatable bonds is 10. The molecule has 4 N–H and O–H groups in total. The average molecular weight is 462 g/mol. The van der Waals surface area contributed by atoms with E-state index in [-0.39, 0.29) is 0 Å². The van der Waals surface area contributed by atoms with Gasteiger partial charge in [-0.2, -0.15) is 0 Å². The van der Waals surface area contributed by atoms with E-state index in [1.807, 2.05) is 6.08 Å². The van der Waals surface area contributed by atoms with Crippen LogP contribution in [0.25, 0.3) is 0 Å². The lowest BCUT2D eigenvalue weighted by molar-refractivity contribution is 0.202. The molecule has 0 aromatic carbocycles. The molecule has 1 aliphatic rings. The van der Waals surface area contributed by atoms with Gasteiger partial charge in [-0.1, -0.05) is 45.9 Å². The largest absolute Gasteiger partial charge is 0.494 e. The van der Waals surface area contributed by atoms with Crippen molar-refractivity contribution in [2.24, 2.45) is 5.73 Å². The number of nitrogens with one attached hydrogen (secondary N) is 1. The van der Waals surface area contributed by atoms with Crippen molar-refractivity contribution >= 4 is 0 Å². The first-order valence-corrected chi connectivity index (χ1v) is 11.6. The molecule has 1 fully saturated rings. The molecule has 0 aromatic heterocycles. The molecule has 1 rings (SSSR count). The van der Waals surface area contributed by atoms with Gasteiger partial charge in [0, 0.05) is 38.4 Å². The molecule has 0 bridgehead atoms. The highest BCUT2D eigenvalue weighted by Gasteiger charge is 2.10. The summed E-state index contributed by atoms with van der Waals surface area (Å²) in [7, 11) is 3.15. The van der Waals surface area contributed by atoms with Crippen molar-refractivity contribution < 1.29 is 9.84 Å². The zero-order chi connectivity index (χ0) is 26.5. The van der Waals surface area contributed by atoms with E-state index in [0.29, 0.717) is 12.6 Å². The number of ether oxygens (including phenoxy) is 1. The Bertz CT molecular complexity index is 542. The van der Waals surface area contributed by atoms with Crippen molar-refractivity contribution in [3.63, 3.8) is 0 Å². The van der Waals surface area contributed by atoms with E-state index < -0.39 is 0 Å². The highest BCUT2D eigenvalue weighted by molar-refractivity contribution is 5.12. The minimum atomic E-state index is 0.587. The van der Waals surface area contributed by atoms with Gasteiger partial charge in [0.15, 0.2) is 0 Å². The third-order valence-electron chi connectivity index (χ3n) is 4.49. The van der Waals surface area contributed by atoms with Crippen molar-refractivity contribution in [1.29, 1.82) is 0 Å². The summed E-state index contributed by atoms with van der Waals surface area (Å²) in [5, 5.41) is 10.4. The Balaban J connectivity index is -0.000000410. The summed E-state index contributed by atoms with van der Waals surface area (Å²) in [6.45, 7) is 15.3. The molecule has 0 radical (unpaired) electrons. The predicted octanol–water partition coefficient (Wildman–Crippen LogP) is 5.22. The molecule has 1 aliphatic heterocycles. The van der Waals surface area contributed by atoms with Crippen LogP contribution in [0.3, 0.4) is 0 Å². The third kappa shape index (κ3) is 25.5. The van der Waals surface area contributed by atoms with E-state index in [0.717, 1.165) is 63.8 Å². The summed E-state index contributed by atoms with van der Waals surface area (Å²) in [4.78, 5) is 2.33. The van der Waals surface area contributed by atoms with E-state index in [1.54, 1.807) is 6.20 Å². The highest BCUT2D eigenvalue weighted by atomic mass is 16.5. The van der Waals surface area contributed by atoms with Gasteiger partial charge >= 0.3 is 0 Å². The van der Waals surface area contributed by atoms with Crippen molar-refractivity contribution in [3.05, 3.63) is 48.0 Å². The fourth-order valence-electron chi connectivity index (χ4n) is 2.56. The minimum absolute atomic E-state index is 0.587. The van der Waals surface area contributed by atoms with Crippen molar-refractivity contribution in [2.45, 2.75) is 72.3 Å². The third-order valence-corrected chi connectivity index (χ3v) is 4.49. The van der Waals surface area contributed by atoms with Gasteiger partial charge < -0.3 is 20.9 Å². The van der Waals surface area contributed by atoms with E-state index in [1.165, 1.54) is 12.0 Å². The molecule has 0 amide bonds. The van der Waals surface area contributed by atoms with Crippen molar-refractivity contribution in [1.82, 2.24) is 10.2 Å². The molecule has 1 saturated heterocycles. The minimum Gasteiger partial charge on any atom is -0.494 e. The number of nitrogens with zero attached hydrogens (tertiary/aromatic N) is 1. The molecule has 190 valence electrons.